The Bertz CT molecular complexity index is 480. The minimum atomic E-state index is -1.00. The van der Waals surface area contributed by atoms with Crippen molar-refractivity contribution in [3.63, 3.8) is 0 Å². The number of nitrogens with zero attached hydrogens (tertiary/aromatic N) is 2. The van der Waals surface area contributed by atoms with Crippen LogP contribution in [-0.2, 0) is 11.8 Å². The van der Waals surface area contributed by atoms with E-state index in [9.17, 15) is 9.59 Å². The van der Waals surface area contributed by atoms with Gasteiger partial charge in [-0.1, -0.05) is 33.6 Å². The zero-order valence-electron chi connectivity index (χ0n) is 12.5. The number of nitrogens with one attached hydrogen (secondary N) is 1. The lowest BCUT2D eigenvalue weighted by Crippen LogP contribution is -2.41. The van der Waals surface area contributed by atoms with Gasteiger partial charge in [0.2, 0.25) is 0 Å². The number of hydrogen-bond acceptors (Lipinski definition) is 3. The number of carboxylic acids is 1. The quantitative estimate of drug-likeness (QED) is 0.799. The van der Waals surface area contributed by atoms with Gasteiger partial charge in [0.05, 0.1) is 5.69 Å². The summed E-state index contributed by atoms with van der Waals surface area (Å²) in [5.41, 5.74) is 1.20. The van der Waals surface area contributed by atoms with Gasteiger partial charge in [-0.15, -0.1) is 0 Å². The third kappa shape index (κ3) is 4.08. The van der Waals surface area contributed by atoms with Crippen molar-refractivity contribution in [2.45, 2.75) is 52.0 Å². The predicted octanol–water partition coefficient (Wildman–Crippen LogP) is 1.92. The zero-order valence-corrected chi connectivity index (χ0v) is 12.5. The maximum atomic E-state index is 12.1. The van der Waals surface area contributed by atoms with Crippen molar-refractivity contribution in [3.8, 4) is 0 Å². The largest absolute Gasteiger partial charge is 0.480 e. The Balaban J connectivity index is 2.80. The van der Waals surface area contributed by atoms with Gasteiger partial charge in [-0.3, -0.25) is 9.48 Å². The molecule has 0 saturated carbocycles. The van der Waals surface area contributed by atoms with E-state index in [1.54, 1.807) is 13.1 Å². The van der Waals surface area contributed by atoms with Crippen LogP contribution in [0, 0.1) is 0 Å². The van der Waals surface area contributed by atoms with Gasteiger partial charge >= 0.3 is 5.97 Å². The minimum Gasteiger partial charge on any atom is -0.480 e. The molecule has 112 valence electrons. The molecule has 0 radical (unpaired) electrons. The molecular formula is C14H23N3O3. The number of carbonyl (C=O) groups excluding carboxylic acids is 1. The number of carbonyl (C=O) groups is 2. The average molecular weight is 281 g/mol. The second-order valence-electron chi connectivity index (χ2n) is 5.24. The molecule has 1 aromatic heterocycles. The molecule has 0 aliphatic carbocycles. The first kappa shape index (κ1) is 16.2. The van der Waals surface area contributed by atoms with Crippen LogP contribution in [0.3, 0.4) is 0 Å². The van der Waals surface area contributed by atoms with E-state index in [1.165, 1.54) is 4.68 Å². The number of aryl methyl sites for hydroxylation is 1. The maximum absolute atomic E-state index is 12.1. The van der Waals surface area contributed by atoms with Gasteiger partial charge in [0.1, 0.15) is 11.7 Å². The second kappa shape index (κ2) is 7.07. The summed E-state index contributed by atoms with van der Waals surface area (Å²) in [6.45, 7) is 5.97. The summed E-state index contributed by atoms with van der Waals surface area (Å²) in [7, 11) is 1.68. The number of rotatable bonds is 7. The van der Waals surface area contributed by atoms with Crippen LogP contribution in [0.25, 0.3) is 0 Å². The lowest BCUT2D eigenvalue weighted by atomic mass is 10.1. The Morgan fingerprint density at radius 1 is 1.45 bits per heavy atom. The normalized spacial score (nSPS) is 12.4. The molecule has 20 heavy (non-hydrogen) atoms. The molecule has 0 spiro atoms. The number of aliphatic carboxylic acids is 1. The Morgan fingerprint density at radius 3 is 2.55 bits per heavy atom. The molecule has 0 aliphatic rings. The van der Waals surface area contributed by atoms with Crippen molar-refractivity contribution in [2.75, 3.05) is 0 Å². The van der Waals surface area contributed by atoms with Gasteiger partial charge in [0.15, 0.2) is 0 Å². The molecule has 2 N–H and O–H groups in total. The van der Waals surface area contributed by atoms with Gasteiger partial charge in [-0.05, 0) is 18.4 Å². The van der Waals surface area contributed by atoms with Crippen molar-refractivity contribution in [3.05, 3.63) is 17.5 Å². The highest BCUT2D eigenvalue weighted by molar-refractivity contribution is 5.95. The van der Waals surface area contributed by atoms with E-state index in [-0.39, 0.29) is 5.92 Å². The van der Waals surface area contributed by atoms with E-state index in [2.05, 4.69) is 10.4 Å². The lowest BCUT2D eigenvalue weighted by molar-refractivity contribution is -0.139. The van der Waals surface area contributed by atoms with Crippen LogP contribution in [-0.4, -0.2) is 32.8 Å². The molecule has 0 bridgehead atoms. The van der Waals surface area contributed by atoms with Crippen molar-refractivity contribution in [2.24, 2.45) is 7.05 Å². The number of unbranched alkanes of at least 4 members (excludes halogenated alkanes) is 1. The summed E-state index contributed by atoms with van der Waals surface area (Å²) < 4.78 is 1.49. The van der Waals surface area contributed by atoms with Gasteiger partial charge in [0.25, 0.3) is 5.91 Å². The SMILES string of the molecule is CCCC[C@H](NC(=O)c1cc(C(C)C)nn1C)C(=O)O. The number of aromatic nitrogens is 2. The molecule has 1 aromatic rings. The fraction of sp³-hybridized carbons (Fsp3) is 0.643. The molecule has 0 saturated heterocycles. The van der Waals surface area contributed by atoms with Crippen LogP contribution in [0.2, 0.25) is 0 Å². The number of hydrogen-bond donors (Lipinski definition) is 2. The first-order valence-electron chi connectivity index (χ1n) is 6.94. The van der Waals surface area contributed by atoms with Crippen LogP contribution < -0.4 is 5.32 Å². The topological polar surface area (TPSA) is 84.2 Å². The van der Waals surface area contributed by atoms with Crippen molar-refractivity contribution in [1.29, 1.82) is 0 Å². The first-order chi connectivity index (χ1) is 9.36. The molecule has 0 fully saturated rings. The van der Waals surface area contributed by atoms with Gasteiger partial charge < -0.3 is 10.4 Å². The van der Waals surface area contributed by atoms with Crippen LogP contribution in [0.1, 0.15) is 62.1 Å². The van der Waals surface area contributed by atoms with E-state index >= 15 is 0 Å². The highest BCUT2D eigenvalue weighted by Gasteiger charge is 2.22. The molecule has 0 aliphatic heterocycles. The smallest absolute Gasteiger partial charge is 0.326 e. The zero-order chi connectivity index (χ0) is 15.3. The van der Waals surface area contributed by atoms with Crippen molar-refractivity contribution in [1.82, 2.24) is 15.1 Å². The Morgan fingerprint density at radius 2 is 2.10 bits per heavy atom. The van der Waals surface area contributed by atoms with Gasteiger partial charge in [-0.2, -0.15) is 5.10 Å². The monoisotopic (exact) mass is 281 g/mol. The molecule has 6 heteroatoms. The number of carboxylic acid groups (broad SMARTS) is 1. The molecular weight excluding hydrogens is 258 g/mol. The molecule has 1 heterocycles. The van der Waals surface area contributed by atoms with E-state index in [0.717, 1.165) is 18.5 Å². The predicted molar refractivity (Wildman–Crippen MR) is 75.7 cm³/mol. The highest BCUT2D eigenvalue weighted by Crippen LogP contribution is 2.14. The van der Waals surface area contributed by atoms with Crippen LogP contribution in [0.5, 0.6) is 0 Å². The molecule has 1 atom stereocenters. The van der Waals surface area contributed by atoms with Crippen LogP contribution in [0.4, 0.5) is 0 Å². The van der Waals surface area contributed by atoms with E-state index in [1.807, 2.05) is 20.8 Å². The fourth-order valence-electron chi connectivity index (χ4n) is 1.88. The van der Waals surface area contributed by atoms with Gasteiger partial charge in [0, 0.05) is 7.05 Å². The molecule has 0 aromatic carbocycles. The van der Waals surface area contributed by atoms with Crippen LogP contribution >= 0.6 is 0 Å². The highest BCUT2D eigenvalue weighted by atomic mass is 16.4. The summed E-state index contributed by atoms with van der Waals surface area (Å²) in [4.78, 5) is 23.3. The third-order valence-corrected chi connectivity index (χ3v) is 3.17. The molecule has 1 rings (SSSR count). The van der Waals surface area contributed by atoms with Crippen molar-refractivity contribution < 1.29 is 14.7 Å². The average Bonchev–Trinajstić information content (AvgIpc) is 2.76. The fourth-order valence-corrected chi connectivity index (χ4v) is 1.88. The summed E-state index contributed by atoms with van der Waals surface area (Å²) in [5, 5.41) is 15.9. The van der Waals surface area contributed by atoms with Crippen molar-refractivity contribution >= 4 is 11.9 Å². The van der Waals surface area contributed by atoms with Crippen LogP contribution in [0.15, 0.2) is 6.07 Å². The summed E-state index contributed by atoms with van der Waals surface area (Å²) in [6.07, 6.45) is 2.09. The second-order valence-corrected chi connectivity index (χ2v) is 5.24. The Kier molecular flexibility index (Phi) is 5.73. The molecule has 0 unspecified atom stereocenters. The van der Waals surface area contributed by atoms with Gasteiger partial charge in [-0.25, -0.2) is 4.79 Å². The summed E-state index contributed by atoms with van der Waals surface area (Å²) in [6, 6.07) is 0.860. The minimum absolute atomic E-state index is 0.220. The third-order valence-electron chi connectivity index (χ3n) is 3.17. The lowest BCUT2D eigenvalue weighted by Gasteiger charge is -2.13. The maximum Gasteiger partial charge on any atom is 0.326 e. The van der Waals surface area contributed by atoms with E-state index < -0.39 is 17.9 Å². The van der Waals surface area contributed by atoms with E-state index in [0.29, 0.717) is 12.1 Å². The summed E-state index contributed by atoms with van der Waals surface area (Å²) in [5.74, 6) is -1.17. The Hall–Kier alpha value is -1.85. The molecule has 6 nitrogen and oxygen atoms in total. The standard InChI is InChI=1S/C14H23N3O3/c1-5-6-7-10(14(19)20)15-13(18)12-8-11(9(2)3)16-17(12)4/h8-10H,5-7H2,1-4H3,(H,15,18)(H,19,20)/t10-/m0/s1. The van der Waals surface area contributed by atoms with E-state index in [4.69, 9.17) is 5.11 Å². The first-order valence-corrected chi connectivity index (χ1v) is 6.94. The number of amides is 1. The Labute approximate surface area is 119 Å². The summed E-state index contributed by atoms with van der Waals surface area (Å²) >= 11 is 0. The molecule has 1 amide bonds.